The number of unbranched alkanes of at least 4 members (excludes halogenated alkanes) is 1. The smallest absolute Gasteiger partial charge is 0.351 e. The van der Waals surface area contributed by atoms with E-state index < -0.39 is 37.3 Å². The van der Waals surface area contributed by atoms with Crippen LogP contribution in [-0.4, -0.2) is 47.5 Å². The lowest BCUT2D eigenvalue weighted by molar-refractivity contribution is -0.145. The Morgan fingerprint density at radius 1 is 1.30 bits per heavy atom. The van der Waals surface area contributed by atoms with Crippen molar-refractivity contribution >= 4 is 19.5 Å². The molecule has 0 aromatic rings. The molecule has 0 aliphatic heterocycles. The van der Waals surface area contributed by atoms with Gasteiger partial charge in [-0.3, -0.25) is 13.9 Å². The topological polar surface area (TPSA) is 122 Å². The molecule has 0 rings (SSSR count). The molecule has 0 spiro atoms. The second kappa shape index (κ2) is 10.8. The van der Waals surface area contributed by atoms with Gasteiger partial charge in [-0.1, -0.05) is 33.6 Å². The van der Waals surface area contributed by atoms with Crippen molar-refractivity contribution < 1.29 is 33.4 Å². The Hall–Kier alpha value is -0.950. The Labute approximate surface area is 137 Å². The van der Waals surface area contributed by atoms with Crippen molar-refractivity contribution in [1.82, 2.24) is 5.32 Å². The number of carbonyl (C=O) groups is 2. The number of carboxylic acid groups (broad SMARTS) is 1. The van der Waals surface area contributed by atoms with Gasteiger partial charge in [0, 0.05) is 13.5 Å². The summed E-state index contributed by atoms with van der Waals surface area (Å²) in [4.78, 5) is 33.1. The number of nitrogens with one attached hydrogen (secondary N) is 1. The van der Waals surface area contributed by atoms with Crippen LogP contribution in [0.3, 0.4) is 0 Å². The second-order valence-corrected chi connectivity index (χ2v) is 7.53. The zero-order chi connectivity index (χ0) is 18.0. The predicted octanol–water partition coefficient (Wildman–Crippen LogP) is 1.97. The first-order chi connectivity index (χ1) is 10.7. The Kier molecular flexibility index (Phi) is 10.3. The number of ether oxygens (including phenoxy) is 1. The number of hydrogen-bond acceptors (Lipinski definition) is 5. The van der Waals surface area contributed by atoms with E-state index in [2.05, 4.69) is 5.32 Å². The van der Waals surface area contributed by atoms with Gasteiger partial charge in [-0.15, -0.1) is 0 Å². The summed E-state index contributed by atoms with van der Waals surface area (Å²) in [5, 5.41) is 11.6. The summed E-state index contributed by atoms with van der Waals surface area (Å²) in [5.41, 5.74) is 0. The van der Waals surface area contributed by atoms with Gasteiger partial charge in [0.2, 0.25) is 5.91 Å². The minimum absolute atomic E-state index is 0.0396. The molecule has 0 aromatic carbocycles. The fourth-order valence-electron chi connectivity index (χ4n) is 1.92. The molecule has 9 heteroatoms. The summed E-state index contributed by atoms with van der Waals surface area (Å²) in [5.74, 6) is -3.32. The van der Waals surface area contributed by atoms with Crippen LogP contribution in [-0.2, 0) is 23.4 Å². The third-order valence-electron chi connectivity index (χ3n) is 3.20. The van der Waals surface area contributed by atoms with Crippen LogP contribution in [0.25, 0.3) is 0 Å². The monoisotopic (exact) mass is 353 g/mol. The summed E-state index contributed by atoms with van der Waals surface area (Å²) in [6.45, 7) is 5.36. The number of hydrogen-bond donors (Lipinski definition) is 3. The quantitative estimate of drug-likeness (QED) is 0.458. The Morgan fingerprint density at radius 3 is 2.35 bits per heavy atom. The van der Waals surface area contributed by atoms with Crippen LogP contribution in [0.4, 0.5) is 0 Å². The summed E-state index contributed by atoms with van der Waals surface area (Å²) >= 11 is 0. The number of amides is 1. The van der Waals surface area contributed by atoms with Gasteiger partial charge in [0.1, 0.15) is 5.78 Å². The first-order valence-corrected chi connectivity index (χ1v) is 9.32. The maximum Gasteiger partial charge on any atom is 0.351 e. The number of carboxylic acids is 1. The van der Waals surface area contributed by atoms with Crippen LogP contribution in [0.2, 0.25) is 0 Å². The van der Waals surface area contributed by atoms with E-state index in [9.17, 15) is 19.0 Å². The molecule has 0 aliphatic carbocycles. The molecule has 3 atom stereocenters. The largest absolute Gasteiger partial charge is 0.479 e. The van der Waals surface area contributed by atoms with Gasteiger partial charge in [-0.2, -0.15) is 0 Å². The van der Waals surface area contributed by atoms with Gasteiger partial charge < -0.3 is 20.1 Å². The van der Waals surface area contributed by atoms with Crippen LogP contribution >= 0.6 is 7.60 Å². The first-order valence-electron chi connectivity index (χ1n) is 7.67. The average molecular weight is 353 g/mol. The van der Waals surface area contributed by atoms with Crippen LogP contribution in [0, 0.1) is 5.92 Å². The summed E-state index contributed by atoms with van der Waals surface area (Å²) in [6.07, 6.45) is 0.104. The Balaban J connectivity index is 5.01. The van der Waals surface area contributed by atoms with Crippen molar-refractivity contribution in [3.8, 4) is 0 Å². The predicted molar refractivity (Wildman–Crippen MR) is 85.1 cm³/mol. The van der Waals surface area contributed by atoms with Crippen LogP contribution in [0.5, 0.6) is 0 Å². The molecule has 0 heterocycles. The Bertz CT molecular complexity index is 427. The number of methoxy groups -OCH3 is 1. The van der Waals surface area contributed by atoms with E-state index in [1.165, 1.54) is 7.11 Å². The highest BCUT2D eigenvalue weighted by molar-refractivity contribution is 7.53. The van der Waals surface area contributed by atoms with Crippen LogP contribution in [0.15, 0.2) is 0 Å². The molecule has 0 aromatic heterocycles. The highest BCUT2D eigenvalue weighted by atomic mass is 31.2. The van der Waals surface area contributed by atoms with E-state index in [0.29, 0.717) is 6.42 Å². The molecular weight excluding hydrogens is 325 g/mol. The normalized spacial score (nSPS) is 16.6. The van der Waals surface area contributed by atoms with Crippen molar-refractivity contribution in [2.75, 3.05) is 13.7 Å². The lowest BCUT2D eigenvalue weighted by Gasteiger charge is -2.28. The number of rotatable bonds is 12. The third-order valence-corrected chi connectivity index (χ3v) is 5.18. The highest BCUT2D eigenvalue weighted by Crippen LogP contribution is 2.50. The maximum atomic E-state index is 12.5. The maximum absolute atomic E-state index is 12.5. The molecule has 0 radical (unpaired) electrons. The molecule has 23 heavy (non-hydrogen) atoms. The van der Waals surface area contributed by atoms with Crippen LogP contribution < -0.4 is 5.32 Å². The van der Waals surface area contributed by atoms with E-state index in [1.807, 2.05) is 6.92 Å². The highest BCUT2D eigenvalue weighted by Gasteiger charge is 2.39. The SMILES string of the molecule is CCCCC(OP(=O)(O)C(NC(=O)CCOC)C(C)C)C(=O)O. The van der Waals surface area contributed by atoms with Gasteiger partial charge in [0.05, 0.1) is 6.61 Å². The van der Waals surface area contributed by atoms with Crippen molar-refractivity contribution in [1.29, 1.82) is 0 Å². The lowest BCUT2D eigenvalue weighted by Crippen LogP contribution is -2.40. The van der Waals surface area contributed by atoms with E-state index in [0.717, 1.165) is 6.42 Å². The average Bonchev–Trinajstić information content (AvgIpc) is 2.45. The molecule has 136 valence electrons. The van der Waals surface area contributed by atoms with Gasteiger partial charge in [0.25, 0.3) is 0 Å². The van der Waals surface area contributed by atoms with Crippen molar-refractivity contribution in [2.24, 2.45) is 5.92 Å². The van der Waals surface area contributed by atoms with Gasteiger partial charge in [0.15, 0.2) is 6.10 Å². The molecule has 3 unspecified atom stereocenters. The van der Waals surface area contributed by atoms with Gasteiger partial charge >= 0.3 is 13.6 Å². The van der Waals surface area contributed by atoms with Crippen molar-refractivity contribution in [2.45, 2.75) is 58.3 Å². The van der Waals surface area contributed by atoms with E-state index in [1.54, 1.807) is 13.8 Å². The fourth-order valence-corrected chi connectivity index (χ4v) is 3.67. The molecule has 0 saturated carbocycles. The van der Waals surface area contributed by atoms with Crippen LogP contribution in [0.1, 0.15) is 46.5 Å². The third kappa shape index (κ3) is 8.46. The van der Waals surface area contributed by atoms with Gasteiger partial charge in [-0.05, 0) is 12.3 Å². The molecule has 0 aliphatic rings. The zero-order valence-electron chi connectivity index (χ0n) is 14.2. The summed E-state index contributed by atoms with van der Waals surface area (Å²) < 4.78 is 22.2. The van der Waals surface area contributed by atoms with Gasteiger partial charge in [-0.25, -0.2) is 4.79 Å². The minimum atomic E-state index is -4.35. The molecular formula is C14H28NO7P. The summed E-state index contributed by atoms with van der Waals surface area (Å²) in [6, 6.07) is 0. The molecule has 3 N–H and O–H groups in total. The molecule has 0 fully saturated rings. The fraction of sp³-hybridized carbons (Fsp3) is 0.857. The van der Waals surface area contributed by atoms with E-state index in [-0.39, 0.29) is 19.4 Å². The second-order valence-electron chi connectivity index (χ2n) is 5.64. The first kappa shape index (κ1) is 22.1. The van der Waals surface area contributed by atoms with E-state index in [4.69, 9.17) is 14.4 Å². The minimum Gasteiger partial charge on any atom is -0.479 e. The number of aliphatic carboxylic acids is 1. The zero-order valence-corrected chi connectivity index (χ0v) is 15.0. The number of carbonyl (C=O) groups excluding carboxylic acids is 1. The standard InChI is InChI=1S/C14H28NO7P/c1-5-6-7-11(14(17)18)22-23(19,20)13(10(2)3)15-12(16)8-9-21-4/h10-11,13H,5-9H2,1-4H3,(H,15,16)(H,17,18)(H,19,20). The molecule has 0 saturated heterocycles. The molecule has 1 amide bonds. The van der Waals surface area contributed by atoms with Crippen molar-refractivity contribution in [3.63, 3.8) is 0 Å². The van der Waals surface area contributed by atoms with E-state index >= 15 is 0 Å². The van der Waals surface area contributed by atoms with Crippen molar-refractivity contribution in [3.05, 3.63) is 0 Å². The molecule has 0 bridgehead atoms. The Morgan fingerprint density at radius 2 is 1.91 bits per heavy atom. The summed E-state index contributed by atoms with van der Waals surface area (Å²) in [7, 11) is -2.91. The lowest BCUT2D eigenvalue weighted by atomic mass is 10.2. The molecule has 8 nitrogen and oxygen atoms in total.